The fourth-order valence-corrected chi connectivity index (χ4v) is 2.90. The lowest BCUT2D eigenvalue weighted by Gasteiger charge is -2.21. The van der Waals surface area contributed by atoms with E-state index < -0.39 is 0 Å². The van der Waals surface area contributed by atoms with E-state index in [2.05, 4.69) is 15.3 Å². The first-order chi connectivity index (χ1) is 8.29. The van der Waals surface area contributed by atoms with Crippen LogP contribution < -0.4 is 5.73 Å². The smallest absolute Gasteiger partial charge is 0.180 e. The van der Waals surface area contributed by atoms with Crippen LogP contribution in [0.5, 0.6) is 0 Å². The largest absolute Gasteiger partial charge is 0.375 e. The lowest BCUT2D eigenvalue weighted by atomic mass is 10.2. The number of nitrogens with zero attached hydrogens (tertiary/aromatic N) is 2. The molecule has 94 valence electrons. The lowest BCUT2D eigenvalue weighted by molar-refractivity contribution is 0.255. The van der Waals surface area contributed by atoms with Crippen LogP contribution in [0, 0.1) is 11.8 Å². The van der Waals surface area contributed by atoms with Crippen molar-refractivity contribution in [1.82, 2.24) is 9.88 Å². The maximum Gasteiger partial charge on any atom is 0.180 e. The molecule has 0 saturated heterocycles. The fraction of sp³-hybridized carbons (Fsp3) is 0.769. The van der Waals surface area contributed by atoms with Gasteiger partial charge in [-0.3, -0.25) is 0 Å². The van der Waals surface area contributed by atoms with Crippen LogP contribution in [0.2, 0.25) is 0 Å². The molecule has 4 heteroatoms. The predicted molar refractivity (Wildman–Crippen MR) is 72.1 cm³/mol. The van der Waals surface area contributed by atoms with E-state index in [9.17, 15) is 0 Å². The van der Waals surface area contributed by atoms with Crippen LogP contribution in [0.15, 0.2) is 5.38 Å². The van der Waals surface area contributed by atoms with Gasteiger partial charge in [-0.1, -0.05) is 0 Å². The Hall–Kier alpha value is -0.610. The Kier molecular flexibility index (Phi) is 3.34. The molecule has 0 atom stereocenters. The van der Waals surface area contributed by atoms with E-state index in [0.29, 0.717) is 5.13 Å². The number of nitrogen functional groups attached to an aromatic ring is 1. The summed E-state index contributed by atoms with van der Waals surface area (Å²) in [7, 11) is 0. The maximum atomic E-state index is 5.66. The summed E-state index contributed by atoms with van der Waals surface area (Å²) in [6, 6.07) is 0. The first kappa shape index (κ1) is 11.5. The molecule has 17 heavy (non-hydrogen) atoms. The van der Waals surface area contributed by atoms with Gasteiger partial charge >= 0.3 is 0 Å². The molecule has 2 fully saturated rings. The highest BCUT2D eigenvalue weighted by Crippen LogP contribution is 2.33. The summed E-state index contributed by atoms with van der Waals surface area (Å²) in [5.74, 6) is 1.99. The summed E-state index contributed by atoms with van der Waals surface area (Å²) in [6.45, 7) is 3.79. The summed E-state index contributed by atoms with van der Waals surface area (Å²) in [5.41, 5.74) is 6.83. The third-order valence-electron chi connectivity index (χ3n) is 3.68. The number of thiazole rings is 1. The Morgan fingerprint density at radius 3 is 2.35 bits per heavy atom. The van der Waals surface area contributed by atoms with Crippen LogP contribution in [0.1, 0.15) is 31.4 Å². The van der Waals surface area contributed by atoms with Crippen molar-refractivity contribution in [1.29, 1.82) is 0 Å². The highest BCUT2D eigenvalue weighted by Gasteiger charge is 2.28. The third-order valence-corrected chi connectivity index (χ3v) is 4.40. The summed E-state index contributed by atoms with van der Waals surface area (Å²) >= 11 is 1.56. The van der Waals surface area contributed by atoms with Crippen LogP contribution >= 0.6 is 11.3 Å². The second-order valence-electron chi connectivity index (χ2n) is 5.57. The zero-order valence-electron chi connectivity index (χ0n) is 10.3. The van der Waals surface area contributed by atoms with Gasteiger partial charge in [0.05, 0.1) is 5.69 Å². The van der Waals surface area contributed by atoms with Crippen molar-refractivity contribution in [2.24, 2.45) is 11.8 Å². The molecule has 0 spiro atoms. The Balaban J connectivity index is 1.47. The van der Waals surface area contributed by atoms with E-state index in [4.69, 9.17) is 5.73 Å². The van der Waals surface area contributed by atoms with Gasteiger partial charge in [0.15, 0.2) is 5.13 Å². The van der Waals surface area contributed by atoms with Crippen LogP contribution in [0.3, 0.4) is 0 Å². The molecule has 0 aliphatic heterocycles. The van der Waals surface area contributed by atoms with Crippen molar-refractivity contribution in [2.45, 2.75) is 32.1 Å². The van der Waals surface area contributed by atoms with E-state index in [1.807, 2.05) is 0 Å². The van der Waals surface area contributed by atoms with Crippen molar-refractivity contribution in [3.8, 4) is 0 Å². The number of nitrogens with two attached hydrogens (primary N) is 1. The minimum Gasteiger partial charge on any atom is -0.375 e. The van der Waals surface area contributed by atoms with Crippen molar-refractivity contribution in [3.05, 3.63) is 11.1 Å². The van der Waals surface area contributed by atoms with Crippen LogP contribution in [0.25, 0.3) is 0 Å². The van der Waals surface area contributed by atoms with Gasteiger partial charge in [-0.2, -0.15) is 0 Å². The van der Waals surface area contributed by atoms with Crippen LogP contribution in [0.4, 0.5) is 5.13 Å². The van der Waals surface area contributed by atoms with Gasteiger partial charge in [-0.25, -0.2) is 4.98 Å². The average molecular weight is 251 g/mol. The standard InChI is InChI=1S/C13H21N3S/c14-13-15-12(9-17-13)5-6-16(7-10-1-2-10)8-11-3-4-11/h9-11H,1-8H2,(H2,14,15). The first-order valence-corrected chi connectivity index (χ1v) is 7.60. The van der Waals surface area contributed by atoms with Crippen molar-refractivity contribution in [2.75, 3.05) is 25.4 Å². The molecule has 0 radical (unpaired) electrons. The third kappa shape index (κ3) is 3.68. The molecular weight excluding hydrogens is 230 g/mol. The van der Waals surface area contributed by atoms with E-state index in [0.717, 1.165) is 24.8 Å². The molecule has 0 aromatic carbocycles. The Bertz CT molecular complexity index is 354. The molecule has 1 aromatic rings. The van der Waals surface area contributed by atoms with Gasteiger partial charge in [0.2, 0.25) is 0 Å². The van der Waals surface area contributed by atoms with Crippen molar-refractivity contribution >= 4 is 16.5 Å². The Morgan fingerprint density at radius 2 is 1.88 bits per heavy atom. The van der Waals surface area contributed by atoms with Gasteiger partial charge in [0, 0.05) is 31.4 Å². The molecule has 2 N–H and O–H groups in total. The van der Waals surface area contributed by atoms with Gasteiger partial charge in [0.1, 0.15) is 0 Å². The number of anilines is 1. The molecular formula is C13H21N3S. The van der Waals surface area contributed by atoms with E-state index in [-0.39, 0.29) is 0 Å². The minimum absolute atomic E-state index is 0.705. The van der Waals surface area contributed by atoms with Crippen LogP contribution in [-0.2, 0) is 6.42 Å². The molecule has 1 heterocycles. The zero-order chi connectivity index (χ0) is 11.7. The van der Waals surface area contributed by atoms with E-state index >= 15 is 0 Å². The molecule has 0 unspecified atom stereocenters. The fourth-order valence-electron chi connectivity index (χ4n) is 2.30. The maximum absolute atomic E-state index is 5.66. The molecule has 1 aromatic heterocycles. The second-order valence-corrected chi connectivity index (χ2v) is 6.46. The van der Waals surface area contributed by atoms with Crippen LogP contribution in [-0.4, -0.2) is 29.5 Å². The quantitative estimate of drug-likeness (QED) is 0.809. The number of aromatic nitrogens is 1. The topological polar surface area (TPSA) is 42.1 Å². The molecule has 3 nitrogen and oxygen atoms in total. The summed E-state index contributed by atoms with van der Waals surface area (Å²) in [5, 5.41) is 2.80. The number of hydrogen-bond acceptors (Lipinski definition) is 4. The van der Waals surface area contributed by atoms with Gasteiger partial charge in [-0.15, -0.1) is 11.3 Å². The minimum atomic E-state index is 0.705. The van der Waals surface area contributed by atoms with Gasteiger partial charge in [0.25, 0.3) is 0 Å². The Labute approximate surface area is 107 Å². The zero-order valence-corrected chi connectivity index (χ0v) is 11.1. The Morgan fingerprint density at radius 1 is 1.24 bits per heavy atom. The number of hydrogen-bond donors (Lipinski definition) is 1. The lowest BCUT2D eigenvalue weighted by Crippen LogP contribution is -2.30. The number of rotatable bonds is 7. The van der Waals surface area contributed by atoms with Crippen molar-refractivity contribution in [3.63, 3.8) is 0 Å². The molecule has 2 saturated carbocycles. The summed E-state index contributed by atoms with van der Waals surface area (Å²) < 4.78 is 0. The predicted octanol–water partition coefficient (Wildman–Crippen LogP) is 2.39. The van der Waals surface area contributed by atoms with Gasteiger partial charge < -0.3 is 10.6 Å². The normalized spacial score (nSPS) is 20.1. The summed E-state index contributed by atoms with van der Waals surface area (Å²) in [4.78, 5) is 7.00. The highest BCUT2D eigenvalue weighted by atomic mass is 32.1. The molecule has 2 aliphatic carbocycles. The molecule has 2 aliphatic rings. The van der Waals surface area contributed by atoms with Crippen molar-refractivity contribution < 1.29 is 0 Å². The average Bonchev–Trinajstić information content (AvgIpc) is 3.20. The summed E-state index contributed by atoms with van der Waals surface area (Å²) in [6.07, 6.45) is 6.86. The van der Waals surface area contributed by atoms with E-state index in [1.165, 1.54) is 44.5 Å². The highest BCUT2D eigenvalue weighted by molar-refractivity contribution is 7.13. The molecule has 3 rings (SSSR count). The molecule has 0 bridgehead atoms. The van der Waals surface area contributed by atoms with E-state index in [1.54, 1.807) is 11.3 Å². The van der Waals surface area contributed by atoms with Gasteiger partial charge in [-0.05, 0) is 37.5 Å². The second kappa shape index (κ2) is 4.94. The monoisotopic (exact) mass is 251 g/mol. The first-order valence-electron chi connectivity index (χ1n) is 6.72. The SMILES string of the molecule is Nc1nc(CCN(CC2CC2)CC2CC2)cs1. The molecule has 0 amide bonds.